The number of nitrogens with one attached hydrogen (secondary N) is 1. The topological polar surface area (TPSA) is 37.8 Å². The van der Waals surface area contributed by atoms with E-state index < -0.39 is 0 Å². The lowest BCUT2D eigenvalue weighted by molar-refractivity contribution is 0.653. The van der Waals surface area contributed by atoms with Gasteiger partial charge in [0.15, 0.2) is 0 Å². The number of anilines is 1. The van der Waals surface area contributed by atoms with Crippen molar-refractivity contribution in [2.24, 2.45) is 0 Å². The van der Waals surface area contributed by atoms with Crippen molar-refractivity contribution in [1.82, 2.24) is 9.97 Å². The Morgan fingerprint density at radius 1 is 1.35 bits per heavy atom. The van der Waals surface area contributed by atoms with Crippen LogP contribution in [0.15, 0.2) is 4.47 Å². The summed E-state index contributed by atoms with van der Waals surface area (Å²) in [5.74, 6) is 3.62. The number of hydrogen-bond acceptors (Lipinski definition) is 4. The van der Waals surface area contributed by atoms with Gasteiger partial charge in [-0.25, -0.2) is 9.97 Å². The van der Waals surface area contributed by atoms with Crippen molar-refractivity contribution >= 4 is 33.5 Å². The molecule has 0 saturated carbocycles. The summed E-state index contributed by atoms with van der Waals surface area (Å²) in [6, 6.07) is 0. The summed E-state index contributed by atoms with van der Waals surface area (Å²) in [5, 5.41) is 3.90. The zero-order valence-corrected chi connectivity index (χ0v) is 15.0. The molecule has 1 unspecified atom stereocenters. The second-order valence-corrected chi connectivity index (χ2v) is 7.67. The van der Waals surface area contributed by atoms with E-state index in [0.717, 1.165) is 34.8 Å². The maximum Gasteiger partial charge on any atom is 0.144 e. The normalized spacial score (nSPS) is 19.4. The Kier molecular flexibility index (Phi) is 6.15. The Morgan fingerprint density at radius 3 is 2.75 bits per heavy atom. The third kappa shape index (κ3) is 3.88. The lowest BCUT2D eigenvalue weighted by Gasteiger charge is -2.22. The molecule has 112 valence electrons. The van der Waals surface area contributed by atoms with Gasteiger partial charge in [0.1, 0.15) is 11.6 Å². The van der Waals surface area contributed by atoms with Crippen molar-refractivity contribution < 1.29 is 0 Å². The summed E-state index contributed by atoms with van der Waals surface area (Å²) in [6.45, 7) is 7.50. The van der Waals surface area contributed by atoms with Gasteiger partial charge in [0.25, 0.3) is 0 Å². The highest BCUT2D eigenvalue weighted by Crippen LogP contribution is 2.39. The predicted octanol–water partition coefficient (Wildman–Crippen LogP) is 5.14. The number of thioether (sulfide) groups is 1. The maximum absolute atomic E-state index is 4.85. The van der Waals surface area contributed by atoms with E-state index in [9.17, 15) is 0 Å². The van der Waals surface area contributed by atoms with Crippen LogP contribution < -0.4 is 5.32 Å². The molecule has 3 nitrogen and oxygen atoms in total. The molecule has 2 rings (SSSR count). The molecule has 5 heteroatoms. The van der Waals surface area contributed by atoms with Gasteiger partial charge in [-0.05, 0) is 46.9 Å². The monoisotopic (exact) mass is 357 g/mol. The second-order valence-electron chi connectivity index (χ2n) is 5.57. The first-order valence-electron chi connectivity index (χ1n) is 7.56. The van der Waals surface area contributed by atoms with E-state index in [0.29, 0.717) is 11.2 Å². The summed E-state index contributed by atoms with van der Waals surface area (Å²) in [7, 11) is 0. The van der Waals surface area contributed by atoms with Crippen LogP contribution in [0.4, 0.5) is 5.82 Å². The lowest BCUT2D eigenvalue weighted by Crippen LogP contribution is -2.13. The molecule has 1 aliphatic heterocycles. The van der Waals surface area contributed by atoms with Gasteiger partial charge >= 0.3 is 0 Å². The zero-order chi connectivity index (χ0) is 14.5. The summed E-state index contributed by atoms with van der Waals surface area (Å²) >= 11 is 5.68. The summed E-state index contributed by atoms with van der Waals surface area (Å²) in [6.07, 6.45) is 4.93. The summed E-state index contributed by atoms with van der Waals surface area (Å²) in [5.41, 5.74) is 1.12. The van der Waals surface area contributed by atoms with Crippen LogP contribution in [0.5, 0.6) is 0 Å². The van der Waals surface area contributed by atoms with Crippen molar-refractivity contribution in [1.29, 1.82) is 0 Å². The van der Waals surface area contributed by atoms with E-state index >= 15 is 0 Å². The van der Waals surface area contributed by atoms with Crippen LogP contribution in [0.25, 0.3) is 0 Å². The van der Waals surface area contributed by atoms with Crippen molar-refractivity contribution in [3.63, 3.8) is 0 Å². The lowest BCUT2D eigenvalue weighted by atomic mass is 10.1. The van der Waals surface area contributed by atoms with E-state index in [1.54, 1.807) is 0 Å². The summed E-state index contributed by atoms with van der Waals surface area (Å²) in [4.78, 5) is 9.63. The molecule has 1 aliphatic rings. The molecule has 0 spiro atoms. The van der Waals surface area contributed by atoms with E-state index in [-0.39, 0.29) is 0 Å². The molecule has 0 aliphatic carbocycles. The average molecular weight is 358 g/mol. The minimum absolute atomic E-state index is 0.405. The molecule has 0 amide bonds. The number of aromatic nitrogens is 2. The van der Waals surface area contributed by atoms with E-state index in [1.165, 1.54) is 25.0 Å². The Morgan fingerprint density at radius 2 is 2.15 bits per heavy atom. The zero-order valence-electron chi connectivity index (χ0n) is 12.6. The molecule has 1 atom stereocenters. The van der Waals surface area contributed by atoms with Crippen molar-refractivity contribution in [3.8, 4) is 0 Å². The van der Waals surface area contributed by atoms with Crippen molar-refractivity contribution in [2.45, 2.75) is 57.6 Å². The van der Waals surface area contributed by atoms with Gasteiger partial charge in [-0.15, -0.1) is 0 Å². The fraction of sp³-hybridized carbons (Fsp3) is 0.733. The number of nitrogens with zero attached hydrogens (tertiary/aromatic N) is 2. The molecule has 1 fully saturated rings. The van der Waals surface area contributed by atoms with Crippen LogP contribution in [0, 0.1) is 0 Å². The molecule has 2 heterocycles. The smallest absolute Gasteiger partial charge is 0.144 e. The summed E-state index contributed by atoms with van der Waals surface area (Å²) < 4.78 is 1.03. The highest BCUT2D eigenvalue weighted by molar-refractivity contribution is 9.10. The molecule has 1 aromatic rings. The first kappa shape index (κ1) is 16.1. The fourth-order valence-electron chi connectivity index (χ4n) is 2.31. The second kappa shape index (κ2) is 7.64. The highest BCUT2D eigenvalue weighted by atomic mass is 79.9. The predicted molar refractivity (Wildman–Crippen MR) is 91.7 cm³/mol. The highest BCUT2D eigenvalue weighted by Gasteiger charge is 2.22. The molecule has 20 heavy (non-hydrogen) atoms. The molecule has 0 bridgehead atoms. The fourth-order valence-corrected chi connectivity index (χ4v) is 4.33. The van der Waals surface area contributed by atoms with Crippen molar-refractivity contribution in [2.75, 3.05) is 17.6 Å². The molecule has 1 N–H and O–H groups in total. The standard InChI is InChI=1S/C15H24BrN3S/c1-4-8-17-15-12(16)13(10(2)3)18-14(19-15)11-7-5-6-9-20-11/h10-11H,4-9H2,1-3H3,(H,17,18,19). The van der Waals surface area contributed by atoms with Gasteiger partial charge in [-0.2, -0.15) is 11.8 Å². The minimum Gasteiger partial charge on any atom is -0.369 e. The van der Waals surface area contributed by atoms with Gasteiger partial charge in [-0.1, -0.05) is 27.2 Å². The maximum atomic E-state index is 4.85. The van der Waals surface area contributed by atoms with E-state index in [4.69, 9.17) is 9.97 Å². The SMILES string of the molecule is CCCNc1nc(C2CCCCS2)nc(C(C)C)c1Br. The van der Waals surface area contributed by atoms with Gasteiger partial charge < -0.3 is 5.32 Å². The molecule has 1 saturated heterocycles. The Balaban J connectivity index is 2.32. The van der Waals surface area contributed by atoms with Crippen LogP contribution in [0.3, 0.4) is 0 Å². The number of hydrogen-bond donors (Lipinski definition) is 1. The van der Waals surface area contributed by atoms with Gasteiger partial charge in [0.2, 0.25) is 0 Å². The Bertz CT molecular complexity index is 445. The molecular weight excluding hydrogens is 334 g/mol. The van der Waals surface area contributed by atoms with Crippen LogP contribution in [-0.2, 0) is 0 Å². The van der Waals surface area contributed by atoms with Crippen LogP contribution in [0.1, 0.15) is 69.1 Å². The first-order valence-corrected chi connectivity index (χ1v) is 9.40. The average Bonchev–Trinajstić information content (AvgIpc) is 2.46. The van der Waals surface area contributed by atoms with Gasteiger partial charge in [-0.3, -0.25) is 0 Å². The van der Waals surface area contributed by atoms with E-state index in [2.05, 4.69) is 42.0 Å². The molecule has 0 radical (unpaired) electrons. The van der Waals surface area contributed by atoms with Crippen LogP contribution >= 0.6 is 27.7 Å². The first-order chi connectivity index (χ1) is 9.63. The van der Waals surface area contributed by atoms with Gasteiger partial charge in [0, 0.05) is 6.54 Å². The quantitative estimate of drug-likeness (QED) is 0.791. The van der Waals surface area contributed by atoms with Crippen LogP contribution in [0.2, 0.25) is 0 Å². The molecular formula is C15H24BrN3S. The third-order valence-corrected chi connectivity index (χ3v) is 5.61. The largest absolute Gasteiger partial charge is 0.369 e. The molecule has 1 aromatic heterocycles. The van der Waals surface area contributed by atoms with Gasteiger partial charge in [0.05, 0.1) is 15.4 Å². The van der Waals surface area contributed by atoms with E-state index in [1.807, 2.05) is 11.8 Å². The number of rotatable bonds is 5. The third-order valence-electron chi connectivity index (χ3n) is 3.45. The molecule has 0 aromatic carbocycles. The minimum atomic E-state index is 0.405. The van der Waals surface area contributed by atoms with Crippen LogP contribution in [-0.4, -0.2) is 22.3 Å². The number of halogens is 1. The Hall–Kier alpha value is -0.290. The Labute approximate surface area is 134 Å². The van der Waals surface area contributed by atoms with Crippen molar-refractivity contribution in [3.05, 3.63) is 16.0 Å².